The van der Waals surface area contributed by atoms with Crippen molar-refractivity contribution in [1.82, 2.24) is 0 Å². The minimum absolute atomic E-state index is 0.370. The zero-order valence-electron chi connectivity index (χ0n) is 14.9. The van der Waals surface area contributed by atoms with E-state index in [0.717, 1.165) is 15.0 Å². The Balaban J connectivity index is 1.63. The highest BCUT2D eigenvalue weighted by molar-refractivity contribution is 7.19. The van der Waals surface area contributed by atoms with E-state index < -0.39 is 37.1 Å². The number of thiophene rings is 1. The molecule has 5 nitrogen and oxygen atoms in total. The Bertz CT molecular complexity index is 939. The zero-order valence-corrected chi connectivity index (χ0v) is 15.7. The fourth-order valence-corrected chi connectivity index (χ4v) is 4.68. The molecule has 1 saturated heterocycles. The Kier molecular flexibility index (Phi) is 5.46. The van der Waals surface area contributed by atoms with E-state index in [1.165, 1.54) is 12.1 Å². The topological polar surface area (TPSA) is 90.2 Å². The third-order valence-electron chi connectivity index (χ3n) is 5.13. The molecule has 4 unspecified atom stereocenters. The van der Waals surface area contributed by atoms with Gasteiger partial charge in [-0.1, -0.05) is 24.3 Å². The van der Waals surface area contributed by atoms with E-state index in [1.54, 1.807) is 17.4 Å². The summed E-state index contributed by atoms with van der Waals surface area (Å²) in [6, 6.07) is 14.4. The quantitative estimate of drug-likeness (QED) is 0.535. The van der Waals surface area contributed by atoms with Gasteiger partial charge in [0.05, 0.1) is 6.61 Å². The summed E-state index contributed by atoms with van der Waals surface area (Å²) in [6.07, 6.45) is -5.87. The van der Waals surface area contributed by atoms with Gasteiger partial charge in [-0.05, 0) is 40.8 Å². The molecule has 0 amide bonds. The molecule has 4 rings (SSSR count). The monoisotopic (exact) mass is 404 g/mol. The largest absolute Gasteiger partial charge is 0.394 e. The maximum absolute atomic E-state index is 14.4. The molecule has 1 aromatic heterocycles. The number of hydrogen-bond donors (Lipinski definition) is 4. The van der Waals surface area contributed by atoms with Crippen molar-refractivity contribution in [3.63, 3.8) is 0 Å². The molecule has 0 saturated carbocycles. The number of aliphatic hydroxyl groups excluding tert-OH is 4. The molecule has 3 aromatic rings. The normalized spacial score (nSPS) is 28.0. The molecule has 2 aromatic carbocycles. The molecule has 28 heavy (non-hydrogen) atoms. The molecule has 0 aliphatic carbocycles. The Morgan fingerprint density at radius 2 is 1.75 bits per heavy atom. The number of aliphatic hydroxyl groups is 4. The summed E-state index contributed by atoms with van der Waals surface area (Å²) in [4.78, 5) is 1.01. The van der Waals surface area contributed by atoms with Gasteiger partial charge < -0.3 is 25.2 Å². The molecular formula is C21H21FO5S. The number of ether oxygens (including phenoxy) is 1. The zero-order chi connectivity index (χ0) is 19.8. The summed E-state index contributed by atoms with van der Waals surface area (Å²) in [6.45, 7) is -0.503. The van der Waals surface area contributed by atoms with Crippen LogP contribution in [-0.4, -0.2) is 51.4 Å². The second-order valence-electron chi connectivity index (χ2n) is 7.03. The summed E-state index contributed by atoms with van der Waals surface area (Å²) in [5.74, 6) is -0.370. The summed E-state index contributed by atoms with van der Waals surface area (Å²) < 4.78 is 21.1. The van der Waals surface area contributed by atoms with Crippen molar-refractivity contribution in [2.45, 2.75) is 36.9 Å². The first kappa shape index (κ1) is 19.4. The minimum atomic E-state index is -1.47. The van der Waals surface area contributed by atoms with E-state index in [0.29, 0.717) is 17.5 Å². The van der Waals surface area contributed by atoms with Crippen LogP contribution in [0.5, 0.6) is 0 Å². The van der Waals surface area contributed by atoms with Gasteiger partial charge in [-0.25, -0.2) is 4.39 Å². The molecule has 0 bridgehead atoms. The van der Waals surface area contributed by atoms with Gasteiger partial charge in [0.25, 0.3) is 0 Å². The predicted octanol–water partition coefficient (Wildman–Crippen LogP) is 2.15. The van der Waals surface area contributed by atoms with Crippen LogP contribution in [0.2, 0.25) is 0 Å². The van der Waals surface area contributed by atoms with Crippen LogP contribution >= 0.6 is 11.3 Å². The molecule has 1 aliphatic rings. The van der Waals surface area contributed by atoms with Crippen LogP contribution in [0.3, 0.4) is 0 Å². The molecule has 0 radical (unpaired) electrons. The smallest absolute Gasteiger partial charge is 0.126 e. The number of halogens is 1. The van der Waals surface area contributed by atoms with Gasteiger partial charge in [0.2, 0.25) is 0 Å². The summed E-state index contributed by atoms with van der Waals surface area (Å²) in [5, 5.41) is 40.7. The molecule has 0 spiro atoms. The van der Waals surface area contributed by atoms with E-state index in [9.17, 15) is 24.8 Å². The molecule has 2 heterocycles. The van der Waals surface area contributed by atoms with Crippen molar-refractivity contribution in [3.8, 4) is 0 Å². The first-order valence-electron chi connectivity index (χ1n) is 9.04. The molecule has 4 N–H and O–H groups in total. The third-order valence-corrected chi connectivity index (χ3v) is 6.25. The van der Waals surface area contributed by atoms with E-state index >= 15 is 0 Å². The van der Waals surface area contributed by atoms with Crippen LogP contribution in [0.25, 0.3) is 10.1 Å². The summed E-state index contributed by atoms with van der Waals surface area (Å²) >= 11 is 1.59. The first-order valence-corrected chi connectivity index (χ1v) is 9.86. The third kappa shape index (κ3) is 3.57. The van der Waals surface area contributed by atoms with Gasteiger partial charge in [-0.3, -0.25) is 0 Å². The van der Waals surface area contributed by atoms with Crippen molar-refractivity contribution in [2.75, 3.05) is 6.61 Å². The predicted molar refractivity (Wildman–Crippen MR) is 104 cm³/mol. The van der Waals surface area contributed by atoms with Crippen LogP contribution in [0.1, 0.15) is 22.1 Å². The molecule has 1 aliphatic heterocycles. The van der Waals surface area contributed by atoms with Gasteiger partial charge >= 0.3 is 0 Å². The Morgan fingerprint density at radius 3 is 2.50 bits per heavy atom. The molecule has 1 fully saturated rings. The number of fused-ring (bicyclic) bond motifs is 1. The van der Waals surface area contributed by atoms with Gasteiger partial charge in [0, 0.05) is 16.0 Å². The van der Waals surface area contributed by atoms with E-state index in [2.05, 4.69) is 0 Å². The highest BCUT2D eigenvalue weighted by atomic mass is 32.1. The maximum Gasteiger partial charge on any atom is 0.126 e. The highest BCUT2D eigenvalue weighted by Gasteiger charge is 2.44. The van der Waals surface area contributed by atoms with Crippen molar-refractivity contribution in [1.29, 1.82) is 0 Å². The van der Waals surface area contributed by atoms with Gasteiger partial charge in [-0.2, -0.15) is 0 Å². The van der Waals surface area contributed by atoms with E-state index in [-0.39, 0.29) is 5.82 Å². The van der Waals surface area contributed by atoms with Crippen molar-refractivity contribution in [2.24, 2.45) is 0 Å². The first-order chi connectivity index (χ1) is 13.5. The van der Waals surface area contributed by atoms with Crippen LogP contribution in [0, 0.1) is 5.82 Å². The lowest BCUT2D eigenvalue weighted by Gasteiger charge is -2.40. The number of rotatable bonds is 4. The molecule has 7 heteroatoms. The summed E-state index contributed by atoms with van der Waals surface area (Å²) in [5.41, 5.74) is 0.926. The van der Waals surface area contributed by atoms with Crippen molar-refractivity contribution in [3.05, 3.63) is 70.4 Å². The average molecular weight is 404 g/mol. The summed E-state index contributed by atoms with van der Waals surface area (Å²) in [7, 11) is 0. The second kappa shape index (κ2) is 7.87. The van der Waals surface area contributed by atoms with Crippen molar-refractivity contribution < 1.29 is 29.6 Å². The maximum atomic E-state index is 14.4. The van der Waals surface area contributed by atoms with E-state index in [4.69, 9.17) is 4.74 Å². The van der Waals surface area contributed by atoms with Gasteiger partial charge in [-0.15, -0.1) is 11.3 Å². The standard InChI is InChI=1S/C21H21FO5S/c22-15-6-5-12(21-20(26)19(25)18(24)16(10-23)27-21)7-13(15)9-14-8-11-3-1-2-4-17(11)28-14/h1-8,16,18-21,23-26H,9-10H2/t16?,18-,19?,20?,21?/m0/s1. The SMILES string of the molecule is OCC1OC(c2ccc(F)c(Cc3cc4ccccc4s3)c2)C(O)C(O)[C@H]1O. The van der Waals surface area contributed by atoms with Crippen LogP contribution in [0.4, 0.5) is 4.39 Å². The Labute approximate surface area is 165 Å². The Hall–Kier alpha value is -1.87. The fourth-order valence-electron chi connectivity index (χ4n) is 3.60. The Morgan fingerprint density at radius 1 is 0.964 bits per heavy atom. The average Bonchev–Trinajstić information content (AvgIpc) is 3.11. The lowest BCUT2D eigenvalue weighted by molar-refractivity contribution is -0.231. The van der Waals surface area contributed by atoms with Crippen molar-refractivity contribution >= 4 is 21.4 Å². The minimum Gasteiger partial charge on any atom is -0.394 e. The van der Waals surface area contributed by atoms with Crippen LogP contribution < -0.4 is 0 Å². The number of hydrogen-bond acceptors (Lipinski definition) is 6. The lowest BCUT2D eigenvalue weighted by Crippen LogP contribution is -2.55. The van der Waals surface area contributed by atoms with Crippen LogP contribution in [0.15, 0.2) is 48.5 Å². The van der Waals surface area contributed by atoms with Crippen LogP contribution in [-0.2, 0) is 11.2 Å². The molecule has 148 valence electrons. The molecule has 5 atom stereocenters. The second-order valence-corrected chi connectivity index (χ2v) is 8.20. The van der Waals surface area contributed by atoms with Gasteiger partial charge in [0.1, 0.15) is 36.3 Å². The molecular weight excluding hydrogens is 383 g/mol. The van der Waals surface area contributed by atoms with E-state index in [1.807, 2.05) is 30.3 Å². The fraction of sp³-hybridized carbons (Fsp3) is 0.333. The lowest BCUT2D eigenvalue weighted by atomic mass is 9.90. The number of benzene rings is 2. The van der Waals surface area contributed by atoms with Gasteiger partial charge in [0.15, 0.2) is 0 Å². The highest BCUT2D eigenvalue weighted by Crippen LogP contribution is 2.34.